The quantitative estimate of drug-likeness (QED) is 0.481. The number of aromatic nitrogens is 6. The van der Waals surface area contributed by atoms with Gasteiger partial charge >= 0.3 is 0 Å². The van der Waals surface area contributed by atoms with Crippen LogP contribution < -0.4 is 9.80 Å². The zero-order valence-electron chi connectivity index (χ0n) is 19.7. The zero-order valence-corrected chi connectivity index (χ0v) is 19.7. The summed E-state index contributed by atoms with van der Waals surface area (Å²) in [6.45, 7) is 5.59. The fourth-order valence-corrected chi connectivity index (χ4v) is 5.53. The van der Waals surface area contributed by atoms with E-state index in [1.165, 1.54) is 19.4 Å². The largest absolute Gasteiger partial charge is 0.383 e. The molecule has 3 atom stereocenters. The Balaban J connectivity index is 1.20. The Morgan fingerprint density at radius 2 is 1.97 bits per heavy atom. The van der Waals surface area contributed by atoms with Crippen molar-refractivity contribution in [2.24, 2.45) is 11.8 Å². The third kappa shape index (κ3) is 4.37. The lowest BCUT2D eigenvalue weighted by Crippen LogP contribution is -2.39. The Morgan fingerprint density at radius 3 is 2.79 bits per heavy atom. The Morgan fingerprint density at radius 1 is 1.06 bits per heavy atom. The number of hydrogen-bond donors (Lipinski definition) is 0. The average molecular weight is 452 g/mol. The van der Waals surface area contributed by atoms with Crippen molar-refractivity contribution in [3.05, 3.63) is 31.2 Å². The van der Waals surface area contributed by atoms with Crippen molar-refractivity contribution in [3.63, 3.8) is 0 Å². The van der Waals surface area contributed by atoms with Crippen molar-refractivity contribution < 1.29 is 4.74 Å². The summed E-state index contributed by atoms with van der Waals surface area (Å²) >= 11 is 0. The van der Waals surface area contributed by atoms with Crippen molar-refractivity contribution in [1.82, 2.24) is 34.4 Å². The Labute approximate surface area is 194 Å². The van der Waals surface area contributed by atoms with Gasteiger partial charge in [-0.2, -0.15) is 0 Å². The molecule has 5 rings (SSSR count). The molecule has 0 unspecified atom stereocenters. The van der Waals surface area contributed by atoms with Gasteiger partial charge in [0.25, 0.3) is 0 Å². The summed E-state index contributed by atoms with van der Waals surface area (Å²) in [7, 11) is 5.97. The number of likely N-dealkylation sites (tertiary alicyclic amines) is 1. The number of nitrogens with zero attached hydrogens (tertiary/aromatic N) is 9. The number of ether oxygens (including phenoxy) is 1. The van der Waals surface area contributed by atoms with Crippen molar-refractivity contribution in [1.29, 1.82) is 0 Å². The van der Waals surface area contributed by atoms with Gasteiger partial charge in [0.05, 0.1) is 19.1 Å². The van der Waals surface area contributed by atoms with Gasteiger partial charge in [0.2, 0.25) is 0 Å². The van der Waals surface area contributed by atoms with Gasteiger partial charge < -0.3 is 24.0 Å². The maximum absolute atomic E-state index is 5.20. The molecule has 2 fully saturated rings. The van der Waals surface area contributed by atoms with E-state index >= 15 is 0 Å². The minimum absolute atomic E-state index is 0.534. The highest BCUT2D eigenvalue weighted by Gasteiger charge is 2.44. The molecule has 0 amide bonds. The molecule has 176 valence electrons. The topological polar surface area (TPSA) is 88.3 Å². The summed E-state index contributed by atoms with van der Waals surface area (Å²) in [6, 6.07) is 0.534. The minimum Gasteiger partial charge on any atom is -0.383 e. The predicted molar refractivity (Wildman–Crippen MR) is 127 cm³/mol. The number of likely N-dealkylation sites (N-methyl/N-ethyl adjacent to an activating group) is 1. The lowest BCUT2D eigenvalue weighted by molar-refractivity contribution is 0.188. The Hall–Kier alpha value is -2.85. The lowest BCUT2D eigenvalue weighted by Gasteiger charge is -2.30. The molecule has 4 heterocycles. The SMILES string of the molecule is COCCn1cnc2c(N(C)CCN3C[C@H]4CC[C@@H](N(C)c5cnccn5)[C@H]4C3)ncnc21. The molecule has 0 radical (unpaired) electrons. The second kappa shape index (κ2) is 9.56. The fourth-order valence-electron chi connectivity index (χ4n) is 5.53. The maximum Gasteiger partial charge on any atom is 0.165 e. The van der Waals surface area contributed by atoms with Gasteiger partial charge in [-0.3, -0.25) is 4.98 Å². The van der Waals surface area contributed by atoms with Crippen LogP contribution in [0.15, 0.2) is 31.2 Å². The minimum atomic E-state index is 0.534. The highest BCUT2D eigenvalue weighted by Crippen LogP contribution is 2.41. The molecule has 1 saturated carbocycles. The second-order valence-corrected chi connectivity index (χ2v) is 9.22. The van der Waals surface area contributed by atoms with Crippen LogP contribution in [-0.4, -0.2) is 94.4 Å². The van der Waals surface area contributed by atoms with Crippen molar-refractivity contribution in [2.75, 3.05) is 63.8 Å². The van der Waals surface area contributed by atoms with E-state index in [0.717, 1.165) is 54.9 Å². The van der Waals surface area contributed by atoms with Gasteiger partial charge in [0.15, 0.2) is 17.0 Å². The number of fused-ring (bicyclic) bond motifs is 2. The molecule has 1 aliphatic carbocycles. The number of hydrogen-bond acceptors (Lipinski definition) is 9. The first-order chi connectivity index (χ1) is 16.2. The van der Waals surface area contributed by atoms with Crippen LogP contribution in [0.25, 0.3) is 11.2 Å². The normalized spacial score (nSPS) is 22.7. The lowest BCUT2D eigenvalue weighted by atomic mass is 9.97. The molecule has 1 aliphatic heterocycles. The van der Waals surface area contributed by atoms with Gasteiger partial charge in [-0.15, -0.1) is 0 Å². The van der Waals surface area contributed by atoms with Gasteiger partial charge in [0, 0.05) is 72.4 Å². The molecule has 3 aromatic heterocycles. The van der Waals surface area contributed by atoms with E-state index in [1.54, 1.807) is 25.8 Å². The standard InChI is InChI=1S/C23H33N9O/c1-29(22-21-23(27-15-26-22)32(16-28-21)10-11-33-3)8-9-31-13-17-4-5-19(18(17)14-31)30(2)20-12-24-6-7-25-20/h6-7,12,15-19H,4-5,8-11,13-14H2,1-3H3/t17-,18+,19-/m1/s1. The van der Waals surface area contributed by atoms with Crippen LogP contribution in [0, 0.1) is 11.8 Å². The summed E-state index contributed by atoms with van der Waals surface area (Å²) in [5, 5.41) is 0. The van der Waals surface area contributed by atoms with E-state index in [0.29, 0.717) is 18.6 Å². The molecule has 1 saturated heterocycles. The first-order valence-corrected chi connectivity index (χ1v) is 11.7. The van der Waals surface area contributed by atoms with Crippen LogP contribution in [0.2, 0.25) is 0 Å². The highest BCUT2D eigenvalue weighted by atomic mass is 16.5. The number of rotatable bonds is 9. The van der Waals surface area contributed by atoms with Crippen molar-refractivity contribution >= 4 is 22.8 Å². The first kappa shape index (κ1) is 22.0. The molecule has 0 N–H and O–H groups in total. The van der Waals surface area contributed by atoms with Crippen molar-refractivity contribution in [2.45, 2.75) is 25.4 Å². The Kier molecular flexibility index (Phi) is 6.37. The molecule has 0 aromatic carbocycles. The van der Waals surface area contributed by atoms with E-state index in [1.807, 2.05) is 17.1 Å². The van der Waals surface area contributed by atoms with Crippen LogP contribution in [0.3, 0.4) is 0 Å². The molecule has 3 aromatic rings. The predicted octanol–water partition coefficient (Wildman–Crippen LogP) is 1.55. The number of imidazole rings is 1. The third-order valence-electron chi connectivity index (χ3n) is 7.33. The van der Waals surface area contributed by atoms with Gasteiger partial charge in [-0.1, -0.05) is 0 Å². The maximum atomic E-state index is 5.20. The molecule has 0 spiro atoms. The van der Waals surface area contributed by atoms with E-state index < -0.39 is 0 Å². The van der Waals surface area contributed by atoms with Gasteiger partial charge in [-0.25, -0.2) is 19.9 Å². The van der Waals surface area contributed by atoms with Gasteiger partial charge in [-0.05, 0) is 24.7 Å². The van der Waals surface area contributed by atoms with E-state index in [2.05, 4.69) is 53.7 Å². The summed E-state index contributed by atoms with van der Waals surface area (Å²) in [4.78, 5) is 29.5. The molecule has 10 heteroatoms. The molecular weight excluding hydrogens is 418 g/mol. The Bertz CT molecular complexity index is 1060. The highest BCUT2D eigenvalue weighted by molar-refractivity contribution is 5.83. The summed E-state index contributed by atoms with van der Waals surface area (Å²) in [6.07, 6.45) is 11.4. The first-order valence-electron chi connectivity index (χ1n) is 11.7. The van der Waals surface area contributed by atoms with Crippen LogP contribution in [0.5, 0.6) is 0 Å². The fraction of sp³-hybridized carbons (Fsp3) is 0.609. The molecule has 33 heavy (non-hydrogen) atoms. The molecule has 0 bridgehead atoms. The zero-order chi connectivity index (χ0) is 22.8. The molecule has 10 nitrogen and oxygen atoms in total. The van der Waals surface area contributed by atoms with E-state index in [4.69, 9.17) is 4.74 Å². The van der Waals surface area contributed by atoms with E-state index in [9.17, 15) is 0 Å². The summed E-state index contributed by atoms with van der Waals surface area (Å²) in [5.74, 6) is 3.31. The van der Waals surface area contributed by atoms with Crippen LogP contribution >= 0.6 is 0 Å². The van der Waals surface area contributed by atoms with Crippen LogP contribution in [0.1, 0.15) is 12.8 Å². The smallest absolute Gasteiger partial charge is 0.165 e. The number of methoxy groups -OCH3 is 1. The number of anilines is 2. The summed E-state index contributed by atoms with van der Waals surface area (Å²) < 4.78 is 7.22. The third-order valence-corrected chi connectivity index (χ3v) is 7.33. The average Bonchev–Trinajstić information content (AvgIpc) is 3.55. The monoisotopic (exact) mass is 451 g/mol. The van der Waals surface area contributed by atoms with Gasteiger partial charge in [0.1, 0.15) is 12.1 Å². The summed E-state index contributed by atoms with van der Waals surface area (Å²) in [5.41, 5.74) is 1.70. The van der Waals surface area contributed by atoms with E-state index in [-0.39, 0.29) is 0 Å². The molecular formula is C23H33N9O. The van der Waals surface area contributed by atoms with Crippen LogP contribution in [0.4, 0.5) is 11.6 Å². The van der Waals surface area contributed by atoms with Crippen LogP contribution in [-0.2, 0) is 11.3 Å². The van der Waals surface area contributed by atoms with Crippen molar-refractivity contribution in [3.8, 4) is 0 Å². The molecule has 2 aliphatic rings. The second-order valence-electron chi connectivity index (χ2n) is 9.22.